The second-order valence-electron chi connectivity index (χ2n) is 5.06. The van der Waals surface area contributed by atoms with Gasteiger partial charge in [0, 0.05) is 16.2 Å². The van der Waals surface area contributed by atoms with Crippen LogP contribution in [0.4, 0.5) is 0 Å². The average Bonchev–Trinajstić information content (AvgIpc) is 2.92. The van der Waals surface area contributed by atoms with Crippen LogP contribution in [-0.4, -0.2) is 29.9 Å². The SMILES string of the molecule is COc1ccc(OC)c(-c2nc3c(C)cc(Br)cn3c2C=O)c1. The molecule has 6 heteroatoms. The first kappa shape index (κ1) is 15.6. The van der Waals surface area contributed by atoms with Crippen LogP contribution in [-0.2, 0) is 0 Å². The third-order valence-corrected chi connectivity index (χ3v) is 4.11. The molecule has 0 N–H and O–H groups in total. The lowest BCUT2D eigenvalue weighted by Crippen LogP contribution is -1.95. The first-order chi connectivity index (χ1) is 11.1. The molecule has 0 saturated heterocycles. The second-order valence-corrected chi connectivity index (χ2v) is 5.98. The number of ether oxygens (including phenoxy) is 2. The zero-order chi connectivity index (χ0) is 16.6. The minimum Gasteiger partial charge on any atom is -0.497 e. The summed E-state index contributed by atoms with van der Waals surface area (Å²) in [4.78, 5) is 16.4. The summed E-state index contributed by atoms with van der Waals surface area (Å²) >= 11 is 3.45. The highest BCUT2D eigenvalue weighted by Gasteiger charge is 2.19. The largest absolute Gasteiger partial charge is 0.497 e. The van der Waals surface area contributed by atoms with Gasteiger partial charge < -0.3 is 9.47 Å². The summed E-state index contributed by atoms with van der Waals surface area (Å²) in [7, 11) is 3.18. The maximum absolute atomic E-state index is 11.7. The second kappa shape index (κ2) is 6.04. The predicted molar refractivity (Wildman–Crippen MR) is 91.6 cm³/mol. The third-order valence-electron chi connectivity index (χ3n) is 3.68. The van der Waals surface area contributed by atoms with Gasteiger partial charge in [0.2, 0.25) is 0 Å². The van der Waals surface area contributed by atoms with Crippen LogP contribution >= 0.6 is 15.9 Å². The van der Waals surface area contributed by atoms with Crippen LogP contribution in [0.15, 0.2) is 34.9 Å². The zero-order valence-corrected chi connectivity index (χ0v) is 14.5. The minimum atomic E-state index is 0.468. The van der Waals surface area contributed by atoms with E-state index in [4.69, 9.17) is 9.47 Å². The number of hydrogen-bond acceptors (Lipinski definition) is 4. The molecule has 0 fully saturated rings. The Morgan fingerprint density at radius 3 is 2.65 bits per heavy atom. The molecule has 0 aliphatic rings. The van der Waals surface area contributed by atoms with Gasteiger partial charge in [-0.15, -0.1) is 0 Å². The van der Waals surface area contributed by atoms with Crippen molar-refractivity contribution in [3.05, 3.63) is 46.2 Å². The number of benzene rings is 1. The summed E-state index contributed by atoms with van der Waals surface area (Å²) in [5.41, 5.74) is 3.45. The molecule has 0 unspecified atom stereocenters. The number of aryl methyl sites for hydroxylation is 1. The number of methoxy groups -OCH3 is 2. The predicted octanol–water partition coefficient (Wildman–Crippen LogP) is 3.90. The summed E-state index contributed by atoms with van der Waals surface area (Å²) in [6.45, 7) is 1.95. The van der Waals surface area contributed by atoms with Gasteiger partial charge in [-0.05, 0) is 52.7 Å². The van der Waals surface area contributed by atoms with Crippen molar-refractivity contribution in [1.82, 2.24) is 9.38 Å². The Morgan fingerprint density at radius 1 is 1.22 bits per heavy atom. The molecule has 1 aromatic carbocycles. The highest BCUT2D eigenvalue weighted by molar-refractivity contribution is 9.10. The van der Waals surface area contributed by atoms with Crippen molar-refractivity contribution in [3.8, 4) is 22.8 Å². The molecule has 0 aliphatic heterocycles. The molecule has 0 spiro atoms. The number of imidazole rings is 1. The van der Waals surface area contributed by atoms with E-state index >= 15 is 0 Å². The average molecular weight is 375 g/mol. The van der Waals surface area contributed by atoms with E-state index in [2.05, 4.69) is 20.9 Å². The van der Waals surface area contributed by atoms with Gasteiger partial charge in [-0.1, -0.05) is 0 Å². The van der Waals surface area contributed by atoms with Crippen LogP contribution in [0.3, 0.4) is 0 Å². The third kappa shape index (κ3) is 2.59. The number of aldehydes is 1. The standard InChI is InChI=1S/C17H15BrN2O3/c1-10-6-11(18)8-20-14(9-21)16(19-17(10)20)13-7-12(22-2)4-5-15(13)23-3/h4-9H,1-3H3. The van der Waals surface area contributed by atoms with E-state index in [9.17, 15) is 4.79 Å². The first-order valence-electron chi connectivity index (χ1n) is 6.94. The Morgan fingerprint density at radius 2 is 2.00 bits per heavy atom. The Labute approximate surface area is 142 Å². The van der Waals surface area contributed by atoms with E-state index < -0.39 is 0 Å². The molecule has 0 bridgehead atoms. The molecule has 2 heterocycles. The van der Waals surface area contributed by atoms with Gasteiger partial charge in [0.25, 0.3) is 0 Å². The lowest BCUT2D eigenvalue weighted by Gasteiger charge is -2.09. The van der Waals surface area contributed by atoms with E-state index in [0.29, 0.717) is 28.5 Å². The molecule has 23 heavy (non-hydrogen) atoms. The fourth-order valence-corrected chi connectivity index (χ4v) is 3.14. The number of halogens is 1. The fraction of sp³-hybridized carbons (Fsp3) is 0.176. The first-order valence-corrected chi connectivity index (χ1v) is 7.74. The molecule has 118 valence electrons. The van der Waals surface area contributed by atoms with Crippen LogP contribution in [0.2, 0.25) is 0 Å². The van der Waals surface area contributed by atoms with Crippen molar-refractivity contribution < 1.29 is 14.3 Å². The van der Waals surface area contributed by atoms with Gasteiger partial charge in [-0.3, -0.25) is 9.20 Å². The molecule has 0 saturated carbocycles. The number of hydrogen-bond donors (Lipinski definition) is 0. The van der Waals surface area contributed by atoms with E-state index in [1.54, 1.807) is 30.8 Å². The quantitative estimate of drug-likeness (QED) is 0.649. The summed E-state index contributed by atoms with van der Waals surface area (Å²) in [6, 6.07) is 7.39. The summed E-state index contributed by atoms with van der Waals surface area (Å²) in [5, 5.41) is 0. The van der Waals surface area contributed by atoms with Gasteiger partial charge in [0.15, 0.2) is 6.29 Å². The molecule has 0 atom stereocenters. The van der Waals surface area contributed by atoms with Gasteiger partial charge in [-0.2, -0.15) is 0 Å². The molecular formula is C17H15BrN2O3. The molecule has 0 radical (unpaired) electrons. The van der Waals surface area contributed by atoms with Crippen molar-refractivity contribution in [3.63, 3.8) is 0 Å². The summed E-state index contributed by atoms with van der Waals surface area (Å²) < 4.78 is 13.4. The van der Waals surface area contributed by atoms with Gasteiger partial charge in [0.1, 0.15) is 28.5 Å². The minimum absolute atomic E-state index is 0.468. The van der Waals surface area contributed by atoms with E-state index in [-0.39, 0.29) is 0 Å². The van der Waals surface area contributed by atoms with E-state index in [1.165, 1.54) is 0 Å². The normalized spacial score (nSPS) is 10.8. The van der Waals surface area contributed by atoms with Crippen molar-refractivity contribution in [2.45, 2.75) is 6.92 Å². The smallest absolute Gasteiger partial charge is 0.169 e. The molecule has 3 rings (SSSR count). The summed E-state index contributed by atoms with van der Waals surface area (Å²) in [5.74, 6) is 1.31. The van der Waals surface area contributed by atoms with Crippen LogP contribution in [0.25, 0.3) is 16.9 Å². The Balaban J connectivity index is 2.36. The summed E-state index contributed by atoms with van der Waals surface area (Å²) in [6.07, 6.45) is 2.63. The van der Waals surface area contributed by atoms with Crippen molar-refractivity contribution in [2.24, 2.45) is 0 Å². The zero-order valence-electron chi connectivity index (χ0n) is 13.0. The van der Waals surface area contributed by atoms with Crippen LogP contribution in [0.1, 0.15) is 16.1 Å². The Kier molecular flexibility index (Phi) is 4.09. The number of pyridine rings is 1. The van der Waals surface area contributed by atoms with Crippen LogP contribution in [0.5, 0.6) is 11.5 Å². The molecular weight excluding hydrogens is 360 g/mol. The highest BCUT2D eigenvalue weighted by Crippen LogP contribution is 2.35. The number of carbonyl (C=O) groups is 1. The number of nitrogens with zero attached hydrogens (tertiary/aromatic N) is 2. The van der Waals surface area contributed by atoms with Crippen molar-refractivity contribution in [2.75, 3.05) is 14.2 Å². The number of fused-ring (bicyclic) bond motifs is 1. The van der Waals surface area contributed by atoms with Gasteiger partial charge >= 0.3 is 0 Å². The topological polar surface area (TPSA) is 52.8 Å². The molecule has 3 aromatic rings. The van der Waals surface area contributed by atoms with Gasteiger partial charge in [0.05, 0.1) is 14.2 Å². The van der Waals surface area contributed by atoms with Crippen LogP contribution in [0, 0.1) is 6.92 Å². The van der Waals surface area contributed by atoms with Crippen molar-refractivity contribution >= 4 is 27.9 Å². The maximum Gasteiger partial charge on any atom is 0.169 e. The molecule has 2 aromatic heterocycles. The Hall–Kier alpha value is -2.34. The molecule has 0 aliphatic carbocycles. The van der Waals surface area contributed by atoms with Crippen molar-refractivity contribution in [1.29, 1.82) is 0 Å². The van der Waals surface area contributed by atoms with Crippen LogP contribution < -0.4 is 9.47 Å². The van der Waals surface area contributed by atoms with E-state index in [1.807, 2.05) is 25.3 Å². The monoisotopic (exact) mass is 374 g/mol. The fourth-order valence-electron chi connectivity index (χ4n) is 2.60. The molecule has 5 nitrogen and oxygen atoms in total. The number of rotatable bonds is 4. The maximum atomic E-state index is 11.7. The Bertz CT molecular complexity index is 902. The number of carbonyl (C=O) groups excluding carboxylic acids is 1. The lowest BCUT2D eigenvalue weighted by molar-refractivity contribution is 0.111. The molecule has 0 amide bonds. The van der Waals surface area contributed by atoms with Gasteiger partial charge in [-0.25, -0.2) is 4.98 Å². The lowest BCUT2D eigenvalue weighted by atomic mass is 10.1. The number of aromatic nitrogens is 2. The highest BCUT2D eigenvalue weighted by atomic mass is 79.9. The van der Waals surface area contributed by atoms with E-state index in [0.717, 1.165) is 22.0 Å².